The third-order valence-electron chi connectivity index (χ3n) is 5.11. The van der Waals surface area contributed by atoms with Crippen LogP contribution in [0.5, 0.6) is 11.5 Å². The third kappa shape index (κ3) is 3.74. The molecule has 6 nitrogen and oxygen atoms in total. The van der Waals surface area contributed by atoms with Crippen molar-refractivity contribution in [1.29, 1.82) is 0 Å². The Hall–Kier alpha value is -3.02. The fraction of sp³-hybridized carbons (Fsp3) is 0.333. The van der Waals surface area contributed by atoms with Crippen molar-refractivity contribution in [2.24, 2.45) is 5.92 Å². The van der Waals surface area contributed by atoms with Gasteiger partial charge in [0.15, 0.2) is 11.5 Å². The van der Waals surface area contributed by atoms with Crippen LogP contribution >= 0.6 is 0 Å². The van der Waals surface area contributed by atoms with E-state index < -0.39 is 0 Å². The molecule has 27 heavy (non-hydrogen) atoms. The lowest BCUT2D eigenvalue weighted by Crippen LogP contribution is -2.32. The number of fused-ring (bicyclic) bond motifs is 1. The minimum absolute atomic E-state index is 0.00343. The number of aryl methyl sites for hydroxylation is 1. The van der Waals surface area contributed by atoms with Crippen molar-refractivity contribution in [2.45, 2.75) is 26.4 Å². The minimum atomic E-state index is -0.310. The van der Waals surface area contributed by atoms with Gasteiger partial charge in [0.2, 0.25) is 18.6 Å². The lowest BCUT2D eigenvalue weighted by atomic mass is 10.1. The van der Waals surface area contributed by atoms with Gasteiger partial charge in [0.25, 0.3) is 0 Å². The quantitative estimate of drug-likeness (QED) is 0.882. The fourth-order valence-corrected chi connectivity index (χ4v) is 3.50. The maximum Gasteiger partial charge on any atom is 0.231 e. The van der Waals surface area contributed by atoms with Gasteiger partial charge >= 0.3 is 0 Å². The summed E-state index contributed by atoms with van der Waals surface area (Å²) in [4.78, 5) is 26.6. The minimum Gasteiger partial charge on any atom is -0.454 e. The molecule has 1 N–H and O–H groups in total. The molecule has 2 aromatic carbocycles. The highest BCUT2D eigenvalue weighted by atomic mass is 16.7. The number of hydrogen-bond donors (Lipinski definition) is 1. The average molecular weight is 366 g/mol. The topological polar surface area (TPSA) is 67.9 Å². The van der Waals surface area contributed by atoms with Crippen LogP contribution in [-0.4, -0.2) is 30.1 Å². The van der Waals surface area contributed by atoms with Crippen LogP contribution in [0.25, 0.3) is 0 Å². The Bertz CT molecular complexity index is 880. The van der Waals surface area contributed by atoms with Crippen LogP contribution in [0.4, 0.5) is 0 Å². The number of amides is 2. The highest BCUT2D eigenvalue weighted by molar-refractivity contribution is 5.89. The van der Waals surface area contributed by atoms with Crippen LogP contribution in [0.1, 0.15) is 23.1 Å². The second-order valence-electron chi connectivity index (χ2n) is 7.01. The molecule has 2 amide bonds. The fourth-order valence-electron chi connectivity index (χ4n) is 3.50. The molecule has 2 heterocycles. The summed E-state index contributed by atoms with van der Waals surface area (Å²) in [6.07, 6.45) is 0.254. The van der Waals surface area contributed by atoms with Crippen LogP contribution in [0.2, 0.25) is 0 Å². The lowest BCUT2D eigenvalue weighted by Gasteiger charge is -2.17. The standard InChI is InChI=1S/C21H22N2O4/c1-14-4-2-3-5-16(14)10-22-21(25)17-9-20(24)23(12-17)11-15-6-7-18-19(8-15)27-13-26-18/h2-8,17H,9-13H2,1H3,(H,22,25). The van der Waals surface area contributed by atoms with Gasteiger partial charge in [-0.15, -0.1) is 0 Å². The van der Waals surface area contributed by atoms with Crippen molar-refractivity contribution in [3.63, 3.8) is 0 Å². The van der Waals surface area contributed by atoms with Gasteiger partial charge in [0.05, 0.1) is 5.92 Å². The van der Waals surface area contributed by atoms with Crippen molar-refractivity contribution in [3.8, 4) is 11.5 Å². The summed E-state index contributed by atoms with van der Waals surface area (Å²) in [5.74, 6) is 1.05. The predicted molar refractivity (Wildman–Crippen MR) is 99.1 cm³/mol. The molecule has 1 fully saturated rings. The number of rotatable bonds is 5. The van der Waals surface area contributed by atoms with Gasteiger partial charge in [-0.3, -0.25) is 9.59 Å². The van der Waals surface area contributed by atoms with Gasteiger partial charge in [-0.25, -0.2) is 0 Å². The highest BCUT2D eigenvalue weighted by Crippen LogP contribution is 2.33. The Kier molecular flexibility index (Phi) is 4.71. The number of nitrogens with zero attached hydrogens (tertiary/aromatic N) is 1. The number of likely N-dealkylation sites (tertiary alicyclic amines) is 1. The van der Waals surface area contributed by atoms with E-state index >= 15 is 0 Å². The first-order valence-electron chi connectivity index (χ1n) is 9.08. The molecule has 0 radical (unpaired) electrons. The first-order chi connectivity index (χ1) is 13.1. The van der Waals surface area contributed by atoms with E-state index in [4.69, 9.17) is 9.47 Å². The molecule has 0 saturated carbocycles. The molecule has 2 aliphatic heterocycles. The summed E-state index contributed by atoms with van der Waals surface area (Å²) in [5, 5.41) is 2.97. The summed E-state index contributed by atoms with van der Waals surface area (Å²) in [7, 11) is 0. The van der Waals surface area contributed by atoms with E-state index in [1.807, 2.05) is 49.4 Å². The monoisotopic (exact) mass is 366 g/mol. The van der Waals surface area contributed by atoms with Crippen LogP contribution in [-0.2, 0) is 22.7 Å². The summed E-state index contributed by atoms with van der Waals surface area (Å²) >= 11 is 0. The van der Waals surface area contributed by atoms with Crippen molar-refractivity contribution in [2.75, 3.05) is 13.3 Å². The van der Waals surface area contributed by atoms with Crippen LogP contribution in [0.3, 0.4) is 0 Å². The molecule has 1 saturated heterocycles. The number of hydrogen-bond acceptors (Lipinski definition) is 4. The van der Waals surface area contributed by atoms with E-state index in [0.29, 0.717) is 25.4 Å². The smallest absolute Gasteiger partial charge is 0.231 e. The average Bonchev–Trinajstić information content (AvgIpc) is 3.27. The summed E-state index contributed by atoms with van der Waals surface area (Å²) in [5.41, 5.74) is 3.20. The summed E-state index contributed by atoms with van der Waals surface area (Å²) in [6, 6.07) is 13.6. The van der Waals surface area contributed by atoms with Gasteiger partial charge in [-0.2, -0.15) is 0 Å². The van der Waals surface area contributed by atoms with Crippen LogP contribution in [0.15, 0.2) is 42.5 Å². The van der Waals surface area contributed by atoms with Gasteiger partial charge in [-0.05, 0) is 35.7 Å². The van der Waals surface area contributed by atoms with Crippen molar-refractivity contribution < 1.29 is 19.1 Å². The number of benzene rings is 2. The third-order valence-corrected chi connectivity index (χ3v) is 5.11. The number of carbonyl (C=O) groups excluding carboxylic acids is 2. The summed E-state index contributed by atoms with van der Waals surface area (Å²) in [6.45, 7) is 3.64. The predicted octanol–water partition coefficient (Wildman–Crippen LogP) is 2.39. The molecular formula is C21H22N2O4. The second-order valence-corrected chi connectivity index (χ2v) is 7.01. The van der Waals surface area contributed by atoms with Crippen molar-refractivity contribution in [1.82, 2.24) is 10.2 Å². The van der Waals surface area contributed by atoms with Gasteiger partial charge in [-0.1, -0.05) is 30.3 Å². The zero-order chi connectivity index (χ0) is 18.8. The maximum absolute atomic E-state index is 12.5. The highest BCUT2D eigenvalue weighted by Gasteiger charge is 2.34. The maximum atomic E-state index is 12.5. The number of nitrogens with one attached hydrogen (secondary N) is 1. The molecule has 2 aliphatic rings. The zero-order valence-corrected chi connectivity index (χ0v) is 15.2. The first-order valence-corrected chi connectivity index (χ1v) is 9.08. The van der Waals surface area contributed by atoms with E-state index in [2.05, 4.69) is 5.32 Å². The molecule has 140 valence electrons. The Morgan fingerprint density at radius 3 is 2.85 bits per heavy atom. The van der Waals surface area contributed by atoms with Gasteiger partial charge in [0, 0.05) is 26.1 Å². The number of ether oxygens (including phenoxy) is 2. The molecule has 1 atom stereocenters. The van der Waals surface area contributed by atoms with Gasteiger partial charge in [0.1, 0.15) is 0 Å². The summed E-state index contributed by atoms with van der Waals surface area (Å²) < 4.78 is 10.7. The van der Waals surface area contributed by atoms with E-state index in [1.54, 1.807) is 4.90 Å². The Morgan fingerprint density at radius 2 is 2.00 bits per heavy atom. The van der Waals surface area contributed by atoms with Crippen molar-refractivity contribution >= 4 is 11.8 Å². The van der Waals surface area contributed by atoms with E-state index in [-0.39, 0.29) is 30.9 Å². The second kappa shape index (κ2) is 7.31. The SMILES string of the molecule is Cc1ccccc1CNC(=O)C1CC(=O)N(Cc2ccc3c(c2)OCO3)C1. The zero-order valence-electron chi connectivity index (χ0n) is 15.2. The molecule has 6 heteroatoms. The normalized spacial score (nSPS) is 18.0. The Labute approximate surface area is 158 Å². The molecule has 1 unspecified atom stereocenters. The van der Waals surface area contributed by atoms with Crippen LogP contribution < -0.4 is 14.8 Å². The molecule has 0 aliphatic carbocycles. The molecule has 2 aromatic rings. The Balaban J connectivity index is 1.34. The molecule has 0 bridgehead atoms. The van der Waals surface area contributed by atoms with Crippen LogP contribution in [0, 0.1) is 12.8 Å². The Morgan fingerprint density at radius 1 is 1.19 bits per heavy atom. The lowest BCUT2D eigenvalue weighted by molar-refractivity contribution is -0.129. The molecule has 0 spiro atoms. The molecular weight excluding hydrogens is 344 g/mol. The van der Waals surface area contributed by atoms with E-state index in [0.717, 1.165) is 22.4 Å². The van der Waals surface area contributed by atoms with Gasteiger partial charge < -0.3 is 19.7 Å². The van der Waals surface area contributed by atoms with Crippen molar-refractivity contribution in [3.05, 3.63) is 59.2 Å². The molecule has 0 aromatic heterocycles. The first kappa shape index (κ1) is 17.4. The largest absolute Gasteiger partial charge is 0.454 e. The molecule has 4 rings (SSSR count). The van der Waals surface area contributed by atoms with E-state index in [9.17, 15) is 9.59 Å². The van der Waals surface area contributed by atoms with E-state index in [1.165, 1.54) is 0 Å². The number of carbonyl (C=O) groups is 2.